The van der Waals surface area contributed by atoms with Crippen LogP contribution >= 0.6 is 11.9 Å². The Kier molecular flexibility index (Phi) is 5.28. The number of esters is 1. The van der Waals surface area contributed by atoms with Crippen LogP contribution in [0.4, 0.5) is 5.69 Å². The third-order valence-corrected chi connectivity index (χ3v) is 4.10. The Balaban J connectivity index is 2.09. The largest absolute Gasteiger partial charge is 0.465 e. The van der Waals surface area contributed by atoms with Crippen LogP contribution in [-0.4, -0.2) is 13.1 Å². The molecule has 0 fully saturated rings. The number of aryl methyl sites for hydroxylation is 2. The summed E-state index contributed by atoms with van der Waals surface area (Å²) in [5.41, 5.74) is 3.87. The highest BCUT2D eigenvalue weighted by molar-refractivity contribution is 8.00. The lowest BCUT2D eigenvalue weighted by molar-refractivity contribution is 0.0601. The van der Waals surface area contributed by atoms with E-state index in [9.17, 15) is 4.79 Å². The smallest absolute Gasteiger partial charge is 0.337 e. The highest BCUT2D eigenvalue weighted by atomic mass is 32.2. The molecule has 0 saturated carbocycles. The number of methoxy groups -OCH3 is 1. The van der Waals surface area contributed by atoms with Gasteiger partial charge in [0.25, 0.3) is 0 Å². The van der Waals surface area contributed by atoms with E-state index in [1.54, 1.807) is 6.07 Å². The average molecular weight is 301 g/mol. The standard InChI is InChI=1S/C17H19NO2S/c1-4-13-6-9-15(10-7-13)21-18-16-11-14(17(19)20-3)8-5-12(16)2/h5-11,18H,4H2,1-3H3. The Labute approximate surface area is 129 Å². The predicted octanol–water partition coefficient (Wildman–Crippen LogP) is 4.46. The van der Waals surface area contributed by atoms with Gasteiger partial charge in [-0.1, -0.05) is 25.1 Å². The lowest BCUT2D eigenvalue weighted by atomic mass is 10.1. The molecule has 0 unspecified atom stereocenters. The molecule has 2 aromatic carbocycles. The summed E-state index contributed by atoms with van der Waals surface area (Å²) in [5.74, 6) is -0.324. The van der Waals surface area contributed by atoms with E-state index in [2.05, 4.69) is 35.9 Å². The van der Waals surface area contributed by atoms with Crippen LogP contribution < -0.4 is 4.72 Å². The van der Waals surface area contributed by atoms with Crippen molar-refractivity contribution in [1.29, 1.82) is 0 Å². The maximum Gasteiger partial charge on any atom is 0.337 e. The molecule has 0 heterocycles. The van der Waals surface area contributed by atoms with E-state index >= 15 is 0 Å². The summed E-state index contributed by atoms with van der Waals surface area (Å²) < 4.78 is 8.04. The monoisotopic (exact) mass is 301 g/mol. The number of hydrogen-bond donors (Lipinski definition) is 1. The van der Waals surface area contributed by atoms with Gasteiger partial charge in [-0.3, -0.25) is 0 Å². The zero-order valence-electron chi connectivity index (χ0n) is 12.5. The van der Waals surface area contributed by atoms with Crippen LogP contribution in [0.1, 0.15) is 28.4 Å². The molecular formula is C17H19NO2S. The maximum absolute atomic E-state index is 11.6. The van der Waals surface area contributed by atoms with Crippen molar-refractivity contribution in [3.63, 3.8) is 0 Å². The van der Waals surface area contributed by atoms with Gasteiger partial charge < -0.3 is 9.46 Å². The first-order chi connectivity index (χ1) is 10.1. The van der Waals surface area contributed by atoms with Crippen molar-refractivity contribution >= 4 is 23.6 Å². The molecule has 110 valence electrons. The molecule has 0 aliphatic rings. The topological polar surface area (TPSA) is 38.3 Å². The number of anilines is 1. The van der Waals surface area contributed by atoms with Gasteiger partial charge in [0.2, 0.25) is 0 Å². The second-order valence-electron chi connectivity index (χ2n) is 4.72. The van der Waals surface area contributed by atoms with Crippen molar-refractivity contribution in [2.75, 3.05) is 11.8 Å². The summed E-state index contributed by atoms with van der Waals surface area (Å²) in [6.07, 6.45) is 1.04. The van der Waals surface area contributed by atoms with Gasteiger partial charge in [-0.2, -0.15) is 0 Å². The molecule has 0 aromatic heterocycles. The molecule has 0 saturated heterocycles. The normalized spacial score (nSPS) is 10.2. The van der Waals surface area contributed by atoms with Gasteiger partial charge in [-0.15, -0.1) is 0 Å². The molecule has 21 heavy (non-hydrogen) atoms. The number of carbonyl (C=O) groups is 1. The molecule has 0 bridgehead atoms. The highest BCUT2D eigenvalue weighted by Gasteiger charge is 2.08. The molecule has 4 heteroatoms. The second-order valence-corrected chi connectivity index (χ2v) is 5.60. The molecule has 0 spiro atoms. The van der Waals surface area contributed by atoms with Crippen LogP contribution in [0.5, 0.6) is 0 Å². The number of hydrogen-bond acceptors (Lipinski definition) is 4. The SMILES string of the molecule is CCc1ccc(SNc2cc(C(=O)OC)ccc2C)cc1. The number of benzene rings is 2. The maximum atomic E-state index is 11.6. The number of nitrogens with one attached hydrogen (secondary N) is 1. The summed E-state index contributed by atoms with van der Waals surface area (Å²) in [6, 6.07) is 13.9. The van der Waals surface area contributed by atoms with Gasteiger partial charge in [0.15, 0.2) is 0 Å². The quantitative estimate of drug-likeness (QED) is 0.653. The summed E-state index contributed by atoms with van der Waals surface area (Å²) in [7, 11) is 1.39. The Morgan fingerprint density at radius 2 is 1.90 bits per heavy atom. The summed E-state index contributed by atoms with van der Waals surface area (Å²) in [5, 5.41) is 0. The van der Waals surface area contributed by atoms with Gasteiger partial charge in [-0.25, -0.2) is 4.79 Å². The van der Waals surface area contributed by atoms with Gasteiger partial charge in [0.1, 0.15) is 0 Å². The minimum Gasteiger partial charge on any atom is -0.465 e. The predicted molar refractivity (Wildman–Crippen MR) is 87.8 cm³/mol. The lowest BCUT2D eigenvalue weighted by Crippen LogP contribution is -2.02. The fraction of sp³-hybridized carbons (Fsp3) is 0.235. The molecule has 0 atom stereocenters. The minimum absolute atomic E-state index is 0.324. The summed E-state index contributed by atoms with van der Waals surface area (Å²) in [4.78, 5) is 12.7. The lowest BCUT2D eigenvalue weighted by Gasteiger charge is -2.10. The van der Waals surface area contributed by atoms with E-state index in [1.807, 2.05) is 19.1 Å². The highest BCUT2D eigenvalue weighted by Crippen LogP contribution is 2.25. The first-order valence-electron chi connectivity index (χ1n) is 6.84. The molecule has 0 amide bonds. The van der Waals surface area contributed by atoms with Crippen molar-refractivity contribution in [3.05, 3.63) is 59.2 Å². The molecule has 0 aliphatic carbocycles. The van der Waals surface area contributed by atoms with Crippen LogP contribution in [0.15, 0.2) is 47.4 Å². The summed E-state index contributed by atoms with van der Waals surface area (Å²) >= 11 is 1.53. The Morgan fingerprint density at radius 1 is 1.19 bits per heavy atom. The molecule has 1 N–H and O–H groups in total. The van der Waals surface area contributed by atoms with Crippen LogP contribution in [0.3, 0.4) is 0 Å². The Bertz CT molecular complexity index is 623. The first kappa shape index (κ1) is 15.4. The van der Waals surface area contributed by atoms with E-state index in [0.717, 1.165) is 22.6 Å². The van der Waals surface area contributed by atoms with E-state index in [1.165, 1.54) is 24.6 Å². The third kappa shape index (κ3) is 4.02. The van der Waals surface area contributed by atoms with Gasteiger partial charge in [-0.05, 0) is 60.7 Å². The van der Waals surface area contributed by atoms with Crippen LogP contribution in [0.2, 0.25) is 0 Å². The fourth-order valence-corrected chi connectivity index (χ4v) is 2.60. The zero-order chi connectivity index (χ0) is 15.2. The van der Waals surface area contributed by atoms with Crippen molar-refractivity contribution in [2.24, 2.45) is 0 Å². The fourth-order valence-electron chi connectivity index (χ4n) is 1.88. The molecule has 0 radical (unpaired) electrons. The molecule has 3 nitrogen and oxygen atoms in total. The van der Waals surface area contributed by atoms with Crippen LogP contribution in [0, 0.1) is 6.92 Å². The van der Waals surface area contributed by atoms with Crippen molar-refractivity contribution < 1.29 is 9.53 Å². The van der Waals surface area contributed by atoms with Gasteiger partial charge >= 0.3 is 5.97 Å². The molecule has 2 aromatic rings. The third-order valence-electron chi connectivity index (χ3n) is 3.27. The van der Waals surface area contributed by atoms with Crippen molar-refractivity contribution in [3.8, 4) is 0 Å². The minimum atomic E-state index is -0.324. The number of rotatable bonds is 5. The molecule has 0 aliphatic heterocycles. The van der Waals surface area contributed by atoms with E-state index in [-0.39, 0.29) is 5.97 Å². The van der Waals surface area contributed by atoms with Gasteiger partial charge in [0.05, 0.1) is 12.7 Å². The van der Waals surface area contributed by atoms with E-state index in [0.29, 0.717) is 5.56 Å². The molecular weight excluding hydrogens is 282 g/mol. The number of carbonyl (C=O) groups excluding carboxylic acids is 1. The van der Waals surface area contributed by atoms with Crippen LogP contribution in [0.25, 0.3) is 0 Å². The van der Waals surface area contributed by atoms with Gasteiger partial charge in [0, 0.05) is 10.6 Å². The number of ether oxygens (including phenoxy) is 1. The zero-order valence-corrected chi connectivity index (χ0v) is 13.3. The van der Waals surface area contributed by atoms with Crippen molar-refractivity contribution in [1.82, 2.24) is 0 Å². The first-order valence-corrected chi connectivity index (χ1v) is 7.66. The van der Waals surface area contributed by atoms with E-state index < -0.39 is 0 Å². The summed E-state index contributed by atoms with van der Waals surface area (Å²) in [6.45, 7) is 4.15. The van der Waals surface area contributed by atoms with Crippen LogP contribution in [-0.2, 0) is 11.2 Å². The Hall–Kier alpha value is -1.94. The Morgan fingerprint density at radius 3 is 2.52 bits per heavy atom. The van der Waals surface area contributed by atoms with Crippen molar-refractivity contribution in [2.45, 2.75) is 25.2 Å². The second kappa shape index (κ2) is 7.18. The van der Waals surface area contributed by atoms with E-state index in [4.69, 9.17) is 4.74 Å². The molecule has 2 rings (SSSR count). The average Bonchev–Trinajstić information content (AvgIpc) is 2.53.